The summed E-state index contributed by atoms with van der Waals surface area (Å²) in [6.45, 7) is 5.30. The molecule has 0 aliphatic rings. The van der Waals surface area contributed by atoms with Gasteiger partial charge in [-0.3, -0.25) is 0 Å². The summed E-state index contributed by atoms with van der Waals surface area (Å²) in [6, 6.07) is 5.85. The number of rotatable bonds is 5. The lowest BCUT2D eigenvalue weighted by Crippen LogP contribution is -2.08. The van der Waals surface area contributed by atoms with E-state index in [0.717, 1.165) is 28.4 Å². The van der Waals surface area contributed by atoms with Gasteiger partial charge in [0.05, 0.1) is 12.8 Å². The number of methoxy groups -OCH3 is 1. The van der Waals surface area contributed by atoms with Crippen LogP contribution in [0, 0.1) is 5.92 Å². The third kappa shape index (κ3) is 3.50. The highest BCUT2D eigenvalue weighted by Gasteiger charge is 2.09. The van der Waals surface area contributed by atoms with E-state index >= 15 is 0 Å². The Morgan fingerprint density at radius 2 is 2.21 bits per heavy atom. The second-order valence-electron chi connectivity index (χ2n) is 4.77. The molecule has 19 heavy (non-hydrogen) atoms. The minimum Gasteiger partial charge on any atom is -0.495 e. The fraction of sp³-hybridized carbons (Fsp3) is 0.357. The summed E-state index contributed by atoms with van der Waals surface area (Å²) in [4.78, 5) is 4.35. The van der Waals surface area contributed by atoms with Gasteiger partial charge in [0.25, 0.3) is 0 Å². The number of halogens is 1. The summed E-state index contributed by atoms with van der Waals surface area (Å²) in [7, 11) is 1.66. The van der Waals surface area contributed by atoms with Crippen LogP contribution in [0.4, 0.5) is 11.6 Å². The molecule has 0 aliphatic carbocycles. The molecule has 2 aromatic rings. The van der Waals surface area contributed by atoms with Gasteiger partial charge in [0.15, 0.2) is 0 Å². The van der Waals surface area contributed by atoms with Crippen molar-refractivity contribution in [2.45, 2.75) is 20.4 Å². The summed E-state index contributed by atoms with van der Waals surface area (Å²) < 4.78 is 8.45. The number of aromatic nitrogens is 2. The van der Waals surface area contributed by atoms with Gasteiger partial charge in [0.2, 0.25) is 5.95 Å². The molecule has 0 unspecified atom stereocenters. The standard InChI is InChI=1S/C14H18BrN3O/c1-10(2)9-18-7-6-16-14(18)17-12-8-11(15)4-5-13(12)19-3/h4-8,10H,9H2,1-3H3,(H,16,17). The second-order valence-corrected chi connectivity index (χ2v) is 5.68. The first kappa shape index (κ1) is 13.9. The van der Waals surface area contributed by atoms with Gasteiger partial charge < -0.3 is 14.6 Å². The SMILES string of the molecule is COc1ccc(Br)cc1Nc1nccn1CC(C)C. The van der Waals surface area contributed by atoms with Gasteiger partial charge in [-0.1, -0.05) is 29.8 Å². The fourth-order valence-electron chi connectivity index (χ4n) is 1.87. The van der Waals surface area contributed by atoms with Crippen molar-refractivity contribution in [2.75, 3.05) is 12.4 Å². The van der Waals surface area contributed by atoms with Crippen LogP contribution in [0.15, 0.2) is 35.1 Å². The number of imidazole rings is 1. The van der Waals surface area contributed by atoms with E-state index in [0.29, 0.717) is 5.92 Å². The minimum atomic E-state index is 0.569. The maximum absolute atomic E-state index is 5.35. The molecule has 1 aromatic heterocycles. The molecule has 1 heterocycles. The van der Waals surface area contributed by atoms with Crippen LogP contribution in [0.2, 0.25) is 0 Å². The monoisotopic (exact) mass is 323 g/mol. The van der Waals surface area contributed by atoms with Crippen LogP contribution in [0.3, 0.4) is 0 Å². The Morgan fingerprint density at radius 3 is 2.89 bits per heavy atom. The predicted octanol–water partition coefficient (Wildman–Crippen LogP) is 4.05. The van der Waals surface area contributed by atoms with Crippen LogP contribution in [0.5, 0.6) is 5.75 Å². The van der Waals surface area contributed by atoms with Crippen LogP contribution >= 0.6 is 15.9 Å². The first-order chi connectivity index (χ1) is 9.10. The number of nitrogens with one attached hydrogen (secondary N) is 1. The van der Waals surface area contributed by atoms with Crippen molar-refractivity contribution in [1.29, 1.82) is 0 Å². The summed E-state index contributed by atoms with van der Waals surface area (Å²) in [6.07, 6.45) is 3.78. The van der Waals surface area contributed by atoms with Gasteiger partial charge in [-0.2, -0.15) is 0 Å². The Morgan fingerprint density at radius 1 is 1.42 bits per heavy atom. The number of benzene rings is 1. The van der Waals surface area contributed by atoms with Crippen LogP contribution in [-0.4, -0.2) is 16.7 Å². The molecule has 0 aliphatic heterocycles. The van der Waals surface area contributed by atoms with Gasteiger partial charge in [-0.05, 0) is 24.1 Å². The van der Waals surface area contributed by atoms with E-state index in [1.54, 1.807) is 13.3 Å². The first-order valence-electron chi connectivity index (χ1n) is 6.22. The van der Waals surface area contributed by atoms with Crippen molar-refractivity contribution < 1.29 is 4.74 Å². The van der Waals surface area contributed by atoms with Crippen molar-refractivity contribution in [2.24, 2.45) is 5.92 Å². The largest absolute Gasteiger partial charge is 0.495 e. The highest BCUT2D eigenvalue weighted by atomic mass is 79.9. The lowest BCUT2D eigenvalue weighted by molar-refractivity contribution is 0.416. The Hall–Kier alpha value is -1.49. The lowest BCUT2D eigenvalue weighted by atomic mass is 10.2. The fourth-order valence-corrected chi connectivity index (χ4v) is 2.23. The normalized spacial score (nSPS) is 10.8. The summed E-state index contributed by atoms with van der Waals surface area (Å²) in [5, 5.41) is 3.32. The maximum atomic E-state index is 5.35. The van der Waals surface area contributed by atoms with Crippen molar-refractivity contribution in [3.05, 3.63) is 35.1 Å². The van der Waals surface area contributed by atoms with Crippen molar-refractivity contribution in [3.63, 3.8) is 0 Å². The molecule has 102 valence electrons. The van der Waals surface area contributed by atoms with Crippen molar-refractivity contribution >= 4 is 27.6 Å². The van der Waals surface area contributed by atoms with Gasteiger partial charge in [0, 0.05) is 23.4 Å². The Bertz CT molecular complexity index is 551. The van der Waals surface area contributed by atoms with E-state index in [2.05, 4.69) is 44.6 Å². The number of hydrogen-bond acceptors (Lipinski definition) is 3. The molecule has 0 saturated carbocycles. The van der Waals surface area contributed by atoms with Crippen LogP contribution in [-0.2, 0) is 6.54 Å². The molecule has 2 rings (SSSR count). The zero-order valence-corrected chi connectivity index (χ0v) is 12.9. The molecular weight excluding hydrogens is 306 g/mol. The Labute approximate surface area is 121 Å². The number of ether oxygens (including phenoxy) is 1. The van der Waals surface area contributed by atoms with E-state index in [1.807, 2.05) is 24.4 Å². The van der Waals surface area contributed by atoms with Gasteiger partial charge >= 0.3 is 0 Å². The molecule has 0 bridgehead atoms. The van der Waals surface area contributed by atoms with Crippen molar-refractivity contribution in [3.8, 4) is 5.75 Å². The summed E-state index contributed by atoms with van der Waals surface area (Å²) >= 11 is 3.47. The molecule has 0 amide bonds. The highest BCUT2D eigenvalue weighted by molar-refractivity contribution is 9.10. The van der Waals surface area contributed by atoms with Crippen LogP contribution in [0.25, 0.3) is 0 Å². The maximum Gasteiger partial charge on any atom is 0.207 e. The third-order valence-electron chi connectivity index (χ3n) is 2.69. The Balaban J connectivity index is 2.26. The quantitative estimate of drug-likeness (QED) is 0.902. The molecule has 0 radical (unpaired) electrons. The average Bonchev–Trinajstić information content (AvgIpc) is 2.76. The molecule has 1 N–H and O–H groups in total. The van der Waals surface area contributed by atoms with E-state index < -0.39 is 0 Å². The third-order valence-corrected chi connectivity index (χ3v) is 3.18. The smallest absolute Gasteiger partial charge is 0.207 e. The number of hydrogen-bond donors (Lipinski definition) is 1. The molecular formula is C14H18BrN3O. The molecule has 5 heteroatoms. The minimum absolute atomic E-state index is 0.569. The topological polar surface area (TPSA) is 39.1 Å². The zero-order chi connectivity index (χ0) is 13.8. The van der Waals surface area contributed by atoms with E-state index in [-0.39, 0.29) is 0 Å². The number of anilines is 2. The predicted molar refractivity (Wildman–Crippen MR) is 81.0 cm³/mol. The average molecular weight is 324 g/mol. The van der Waals surface area contributed by atoms with Gasteiger partial charge in [0.1, 0.15) is 5.75 Å². The molecule has 0 atom stereocenters. The van der Waals surface area contributed by atoms with Gasteiger partial charge in [-0.25, -0.2) is 4.98 Å². The molecule has 0 fully saturated rings. The Kier molecular flexibility index (Phi) is 4.47. The highest BCUT2D eigenvalue weighted by Crippen LogP contribution is 2.30. The zero-order valence-electron chi connectivity index (χ0n) is 11.4. The van der Waals surface area contributed by atoms with Crippen LogP contribution in [0.1, 0.15) is 13.8 Å². The lowest BCUT2D eigenvalue weighted by Gasteiger charge is -2.14. The summed E-state index contributed by atoms with van der Waals surface area (Å²) in [5.41, 5.74) is 0.896. The molecule has 4 nitrogen and oxygen atoms in total. The van der Waals surface area contributed by atoms with Crippen LogP contribution < -0.4 is 10.1 Å². The van der Waals surface area contributed by atoms with Crippen molar-refractivity contribution in [1.82, 2.24) is 9.55 Å². The van der Waals surface area contributed by atoms with E-state index in [1.165, 1.54) is 0 Å². The second kappa shape index (κ2) is 6.10. The van der Waals surface area contributed by atoms with E-state index in [4.69, 9.17) is 4.74 Å². The molecule has 1 aromatic carbocycles. The van der Waals surface area contributed by atoms with E-state index in [9.17, 15) is 0 Å². The first-order valence-corrected chi connectivity index (χ1v) is 7.01. The number of nitrogens with zero attached hydrogens (tertiary/aromatic N) is 2. The molecule has 0 spiro atoms. The molecule has 0 saturated heterocycles. The summed E-state index contributed by atoms with van der Waals surface area (Å²) in [5.74, 6) is 2.19. The van der Waals surface area contributed by atoms with Gasteiger partial charge in [-0.15, -0.1) is 0 Å².